The second-order valence-corrected chi connectivity index (χ2v) is 4.87. The van der Waals surface area contributed by atoms with Crippen LogP contribution in [0.2, 0.25) is 0 Å². The number of ether oxygens (including phenoxy) is 1. The number of hydrogen-bond acceptors (Lipinski definition) is 4. The molecule has 0 aliphatic rings. The van der Waals surface area contributed by atoms with E-state index in [2.05, 4.69) is 29.5 Å². The maximum atomic E-state index is 5.77. The van der Waals surface area contributed by atoms with E-state index < -0.39 is 0 Å². The number of benzene rings is 1. The Kier molecular flexibility index (Phi) is 5.47. The van der Waals surface area contributed by atoms with Gasteiger partial charge in [-0.25, -0.2) is 0 Å². The van der Waals surface area contributed by atoms with Crippen molar-refractivity contribution in [1.29, 1.82) is 0 Å². The van der Waals surface area contributed by atoms with Crippen LogP contribution in [0.25, 0.3) is 10.9 Å². The molecule has 1 aromatic carbocycles. The molecular formula is C16H23N3O. The van der Waals surface area contributed by atoms with E-state index in [1.54, 1.807) is 0 Å². The molecule has 4 heteroatoms. The Morgan fingerprint density at radius 2 is 2.05 bits per heavy atom. The summed E-state index contributed by atoms with van der Waals surface area (Å²) < 4.78 is 5.77. The number of rotatable bonds is 7. The van der Waals surface area contributed by atoms with Gasteiger partial charge in [0.1, 0.15) is 0 Å². The molecule has 0 amide bonds. The van der Waals surface area contributed by atoms with E-state index in [9.17, 15) is 0 Å². The topological polar surface area (TPSA) is 60.2 Å². The predicted molar refractivity (Wildman–Crippen MR) is 82.3 cm³/mol. The standard InChI is InChI=1S/C16H23N3O/c1-3-16(20-4-2)15(19-17)11-12-9-10-18-14-8-6-5-7-13(12)14/h5-10,15-16,19H,3-4,11,17H2,1-2H3. The lowest BCUT2D eigenvalue weighted by atomic mass is 9.97. The number of aromatic nitrogens is 1. The van der Waals surface area contributed by atoms with Gasteiger partial charge in [0, 0.05) is 18.2 Å². The van der Waals surface area contributed by atoms with Crippen molar-refractivity contribution in [2.75, 3.05) is 6.61 Å². The Morgan fingerprint density at radius 3 is 2.75 bits per heavy atom. The van der Waals surface area contributed by atoms with E-state index >= 15 is 0 Å². The zero-order valence-electron chi connectivity index (χ0n) is 12.2. The molecule has 0 spiro atoms. The zero-order valence-corrected chi connectivity index (χ0v) is 12.2. The average Bonchev–Trinajstić information content (AvgIpc) is 2.50. The van der Waals surface area contributed by atoms with E-state index in [0.717, 1.165) is 18.4 Å². The molecule has 3 N–H and O–H groups in total. The van der Waals surface area contributed by atoms with Crippen LogP contribution < -0.4 is 11.3 Å². The summed E-state index contributed by atoms with van der Waals surface area (Å²) in [6, 6.07) is 10.3. The second kappa shape index (κ2) is 7.33. The fraction of sp³-hybridized carbons (Fsp3) is 0.438. The van der Waals surface area contributed by atoms with E-state index in [1.807, 2.05) is 31.3 Å². The van der Waals surface area contributed by atoms with Gasteiger partial charge in [-0.2, -0.15) is 0 Å². The van der Waals surface area contributed by atoms with Gasteiger partial charge in [0.15, 0.2) is 0 Å². The third kappa shape index (κ3) is 3.33. The third-order valence-electron chi connectivity index (χ3n) is 3.63. The van der Waals surface area contributed by atoms with Gasteiger partial charge in [-0.3, -0.25) is 16.3 Å². The SMILES string of the molecule is CCOC(CC)C(Cc1ccnc2ccccc12)NN. The number of pyridine rings is 1. The van der Waals surface area contributed by atoms with E-state index in [4.69, 9.17) is 10.6 Å². The molecule has 108 valence electrons. The van der Waals surface area contributed by atoms with Crippen molar-refractivity contribution in [2.24, 2.45) is 5.84 Å². The summed E-state index contributed by atoms with van der Waals surface area (Å²) >= 11 is 0. The highest BCUT2D eigenvalue weighted by Gasteiger charge is 2.20. The number of fused-ring (bicyclic) bond motifs is 1. The Hall–Kier alpha value is -1.49. The van der Waals surface area contributed by atoms with Crippen molar-refractivity contribution in [1.82, 2.24) is 10.4 Å². The highest BCUT2D eigenvalue weighted by molar-refractivity contribution is 5.81. The van der Waals surface area contributed by atoms with Gasteiger partial charge in [-0.1, -0.05) is 25.1 Å². The molecule has 0 bridgehead atoms. The maximum Gasteiger partial charge on any atom is 0.0741 e. The molecule has 0 saturated carbocycles. The molecule has 2 aromatic rings. The lowest BCUT2D eigenvalue weighted by Gasteiger charge is -2.26. The molecule has 0 saturated heterocycles. The van der Waals surface area contributed by atoms with Crippen LogP contribution >= 0.6 is 0 Å². The molecule has 0 aliphatic heterocycles. The molecule has 0 radical (unpaired) electrons. The fourth-order valence-corrected chi connectivity index (χ4v) is 2.60. The molecule has 4 nitrogen and oxygen atoms in total. The summed E-state index contributed by atoms with van der Waals surface area (Å²) in [5, 5.41) is 1.18. The van der Waals surface area contributed by atoms with Crippen molar-refractivity contribution in [3.05, 3.63) is 42.1 Å². The van der Waals surface area contributed by atoms with Crippen LogP contribution in [-0.2, 0) is 11.2 Å². The fourth-order valence-electron chi connectivity index (χ4n) is 2.60. The van der Waals surface area contributed by atoms with E-state index in [-0.39, 0.29) is 12.1 Å². The minimum Gasteiger partial charge on any atom is -0.377 e. The Balaban J connectivity index is 2.25. The van der Waals surface area contributed by atoms with Gasteiger partial charge in [0.25, 0.3) is 0 Å². The van der Waals surface area contributed by atoms with Gasteiger partial charge < -0.3 is 4.74 Å². The number of para-hydroxylation sites is 1. The minimum absolute atomic E-state index is 0.103. The molecule has 2 rings (SSSR count). The van der Waals surface area contributed by atoms with Gasteiger partial charge in [-0.05, 0) is 37.5 Å². The van der Waals surface area contributed by atoms with Crippen molar-refractivity contribution in [3.8, 4) is 0 Å². The van der Waals surface area contributed by atoms with Gasteiger partial charge in [0.05, 0.1) is 17.7 Å². The first-order chi connectivity index (χ1) is 9.80. The largest absolute Gasteiger partial charge is 0.377 e. The number of hydrazine groups is 1. The molecule has 0 aliphatic carbocycles. The van der Waals surface area contributed by atoms with E-state index in [0.29, 0.717) is 6.61 Å². The Labute approximate surface area is 120 Å². The monoisotopic (exact) mass is 273 g/mol. The second-order valence-electron chi connectivity index (χ2n) is 4.87. The number of nitrogens with two attached hydrogens (primary N) is 1. The van der Waals surface area contributed by atoms with Gasteiger partial charge >= 0.3 is 0 Å². The van der Waals surface area contributed by atoms with Crippen LogP contribution in [0.5, 0.6) is 0 Å². The first-order valence-corrected chi connectivity index (χ1v) is 7.20. The van der Waals surface area contributed by atoms with Crippen molar-refractivity contribution >= 4 is 10.9 Å². The average molecular weight is 273 g/mol. The summed E-state index contributed by atoms with van der Waals surface area (Å²) in [4.78, 5) is 4.39. The minimum atomic E-state index is 0.103. The molecular weight excluding hydrogens is 250 g/mol. The molecule has 1 heterocycles. The van der Waals surface area contributed by atoms with Crippen LogP contribution in [0.3, 0.4) is 0 Å². The van der Waals surface area contributed by atoms with Crippen molar-refractivity contribution < 1.29 is 4.74 Å². The van der Waals surface area contributed by atoms with Crippen LogP contribution in [0.15, 0.2) is 36.5 Å². The highest BCUT2D eigenvalue weighted by atomic mass is 16.5. The molecule has 2 atom stereocenters. The molecule has 1 aromatic heterocycles. The summed E-state index contributed by atoms with van der Waals surface area (Å²) in [6.45, 7) is 4.83. The quantitative estimate of drug-likeness (QED) is 0.601. The van der Waals surface area contributed by atoms with Crippen molar-refractivity contribution in [2.45, 2.75) is 38.8 Å². The maximum absolute atomic E-state index is 5.77. The number of nitrogens with one attached hydrogen (secondary N) is 1. The summed E-state index contributed by atoms with van der Waals surface area (Å²) in [7, 11) is 0. The summed E-state index contributed by atoms with van der Waals surface area (Å²) in [5.41, 5.74) is 5.17. The van der Waals surface area contributed by atoms with Crippen LogP contribution in [0.4, 0.5) is 0 Å². The third-order valence-corrected chi connectivity index (χ3v) is 3.63. The smallest absolute Gasteiger partial charge is 0.0741 e. The number of nitrogens with zero attached hydrogens (tertiary/aromatic N) is 1. The first kappa shape index (κ1) is 14.9. The highest BCUT2D eigenvalue weighted by Crippen LogP contribution is 2.19. The summed E-state index contributed by atoms with van der Waals surface area (Å²) in [5.74, 6) is 5.73. The molecule has 20 heavy (non-hydrogen) atoms. The van der Waals surface area contributed by atoms with Crippen LogP contribution in [-0.4, -0.2) is 23.7 Å². The lowest BCUT2D eigenvalue weighted by Crippen LogP contribution is -2.46. The normalized spacial score (nSPS) is 14.3. The van der Waals surface area contributed by atoms with Gasteiger partial charge in [0.2, 0.25) is 0 Å². The van der Waals surface area contributed by atoms with Crippen LogP contribution in [0, 0.1) is 0 Å². The number of hydrogen-bond donors (Lipinski definition) is 2. The van der Waals surface area contributed by atoms with Gasteiger partial charge in [-0.15, -0.1) is 0 Å². The first-order valence-electron chi connectivity index (χ1n) is 7.20. The molecule has 2 unspecified atom stereocenters. The summed E-state index contributed by atoms with van der Waals surface area (Å²) in [6.07, 6.45) is 3.74. The Bertz CT molecular complexity index is 539. The predicted octanol–water partition coefficient (Wildman–Crippen LogP) is 2.42. The molecule has 0 fully saturated rings. The van der Waals surface area contributed by atoms with Crippen molar-refractivity contribution in [3.63, 3.8) is 0 Å². The zero-order chi connectivity index (χ0) is 14.4. The van der Waals surface area contributed by atoms with Crippen LogP contribution in [0.1, 0.15) is 25.8 Å². The lowest BCUT2D eigenvalue weighted by molar-refractivity contribution is 0.0320. The Morgan fingerprint density at radius 1 is 1.25 bits per heavy atom. The van der Waals surface area contributed by atoms with E-state index in [1.165, 1.54) is 10.9 Å².